The lowest BCUT2D eigenvalue weighted by Gasteiger charge is -2.54. The average Bonchev–Trinajstić information content (AvgIpc) is 3.86. The number of nitriles is 1. The number of aliphatic hydroxyl groups excluding tert-OH is 1. The topological polar surface area (TPSA) is 128 Å². The molecule has 4 aliphatic rings. The predicted molar refractivity (Wildman–Crippen MR) is 219 cm³/mol. The summed E-state index contributed by atoms with van der Waals surface area (Å²) in [5.74, 6) is 0.589. The number of nitrogens with zero attached hydrogens (tertiary/aromatic N) is 7. The van der Waals surface area contributed by atoms with Gasteiger partial charge in [-0.15, -0.1) is 11.3 Å². The van der Waals surface area contributed by atoms with E-state index in [0.29, 0.717) is 29.4 Å². The van der Waals surface area contributed by atoms with Crippen molar-refractivity contribution in [3.63, 3.8) is 0 Å². The van der Waals surface area contributed by atoms with Crippen molar-refractivity contribution in [2.45, 2.75) is 125 Å². The molecule has 3 fully saturated rings. The van der Waals surface area contributed by atoms with E-state index in [1.54, 1.807) is 0 Å². The van der Waals surface area contributed by atoms with Crippen LogP contribution >= 0.6 is 11.3 Å². The number of β-amino-alcohol motifs (C(OH)–C–C–N with tert-alkyl or cyclic N) is 1. The second kappa shape index (κ2) is 16.8. The van der Waals surface area contributed by atoms with Crippen molar-refractivity contribution in [3.05, 3.63) is 34.5 Å². The summed E-state index contributed by atoms with van der Waals surface area (Å²) in [4.78, 5) is 21.7. The number of fused-ring (bicyclic) bond motifs is 6. The van der Waals surface area contributed by atoms with Gasteiger partial charge in [-0.05, 0) is 43.2 Å². The number of halogens is 2. The number of aliphatic hydroxyl groups is 1. The summed E-state index contributed by atoms with van der Waals surface area (Å²) in [6.45, 7) is 20.8. The number of unbranched alkanes of at least 4 members (excludes halogenated alkanes) is 1. The molecule has 298 valence electrons. The van der Waals surface area contributed by atoms with Crippen LogP contribution in [0.4, 0.5) is 25.5 Å². The van der Waals surface area contributed by atoms with Gasteiger partial charge in [-0.2, -0.15) is 10.2 Å². The second-order valence-corrected chi connectivity index (χ2v) is 16.4. The molecule has 4 unspecified atom stereocenters. The van der Waals surface area contributed by atoms with E-state index < -0.39 is 17.7 Å². The van der Waals surface area contributed by atoms with E-state index in [9.17, 15) is 10.4 Å². The third-order valence-corrected chi connectivity index (χ3v) is 13.1. The first-order valence-corrected chi connectivity index (χ1v) is 21.2. The van der Waals surface area contributed by atoms with Gasteiger partial charge in [0.2, 0.25) is 5.95 Å². The molecule has 7 heterocycles. The van der Waals surface area contributed by atoms with E-state index >= 15 is 8.78 Å². The minimum Gasteiger partial charge on any atom is -0.392 e. The van der Waals surface area contributed by atoms with Crippen molar-refractivity contribution >= 4 is 49.1 Å². The number of hydrogen-bond acceptors (Lipinski definition) is 11. The van der Waals surface area contributed by atoms with Gasteiger partial charge in [0.25, 0.3) is 0 Å². The van der Waals surface area contributed by atoms with Crippen LogP contribution in [0.2, 0.25) is 0 Å². The molecule has 10 nitrogen and oxygen atoms in total. The monoisotopic (exact) mass is 776 g/mol. The Morgan fingerprint density at radius 1 is 1.05 bits per heavy atom. The normalized spacial score (nSPS) is 21.0. The molecule has 3 saturated heterocycles. The molecule has 3 aromatic heterocycles. The lowest BCUT2D eigenvalue weighted by Crippen LogP contribution is -2.60. The molecule has 8 rings (SSSR count). The highest BCUT2D eigenvalue weighted by Crippen LogP contribution is 2.50. The van der Waals surface area contributed by atoms with Gasteiger partial charge < -0.3 is 25.4 Å². The van der Waals surface area contributed by atoms with Gasteiger partial charge in [0.05, 0.1) is 46.9 Å². The summed E-state index contributed by atoms with van der Waals surface area (Å²) in [5, 5.41) is 21.3. The molecule has 1 aromatic carbocycles. The third kappa shape index (κ3) is 7.02. The van der Waals surface area contributed by atoms with Gasteiger partial charge in [-0.1, -0.05) is 67.7 Å². The standard InChI is InChI=1S/C38H46F2N8O2S.2C2H6/c1-5-7-10-38(20(3)6-2)18-47(19-38)37-44-33-30(36(45-37)48-22-8-9-23(48)15-46(14-22)13-21(4)49)26-17-50-16-25(26)28(31(33)40)32-29-24(11-41)35(42)51-34(29)27(39)12-43-32;2*1-2/h12,20-23,49H,5-10,13-19,42H2,1-4H3;2*1-2H3. The van der Waals surface area contributed by atoms with E-state index in [4.69, 9.17) is 20.4 Å². The number of benzene rings is 1. The van der Waals surface area contributed by atoms with Crippen LogP contribution in [-0.4, -0.2) is 75.9 Å². The molecular weight excluding hydrogens is 719 g/mol. The van der Waals surface area contributed by atoms with Crippen molar-refractivity contribution < 1.29 is 18.6 Å². The number of anilines is 3. The Labute approximate surface area is 328 Å². The number of nitrogens with two attached hydrogens (primary N) is 1. The molecule has 0 saturated carbocycles. The maximum atomic E-state index is 17.6. The van der Waals surface area contributed by atoms with Crippen molar-refractivity contribution in [1.29, 1.82) is 5.26 Å². The van der Waals surface area contributed by atoms with Crippen molar-refractivity contribution in [2.75, 3.05) is 48.3 Å². The zero-order valence-electron chi connectivity index (χ0n) is 33.8. The molecule has 4 aromatic rings. The van der Waals surface area contributed by atoms with E-state index in [0.717, 1.165) is 93.6 Å². The smallest absolute Gasteiger partial charge is 0.228 e. The van der Waals surface area contributed by atoms with Crippen LogP contribution in [0.15, 0.2) is 6.20 Å². The van der Waals surface area contributed by atoms with Crippen LogP contribution in [0.25, 0.3) is 32.2 Å². The van der Waals surface area contributed by atoms with Crippen LogP contribution < -0.4 is 15.5 Å². The Morgan fingerprint density at radius 3 is 2.35 bits per heavy atom. The van der Waals surface area contributed by atoms with Gasteiger partial charge >= 0.3 is 0 Å². The molecule has 3 N–H and O–H groups in total. The summed E-state index contributed by atoms with van der Waals surface area (Å²) in [6, 6.07) is 2.41. The summed E-state index contributed by atoms with van der Waals surface area (Å²) < 4.78 is 39.0. The Kier molecular flexibility index (Phi) is 12.5. The van der Waals surface area contributed by atoms with Crippen molar-refractivity contribution in [2.24, 2.45) is 11.3 Å². The average molecular weight is 777 g/mol. The molecule has 4 atom stereocenters. The molecule has 0 radical (unpaired) electrons. The third-order valence-electron chi connectivity index (χ3n) is 12.1. The maximum absolute atomic E-state index is 17.6. The van der Waals surface area contributed by atoms with Crippen LogP contribution in [0, 0.1) is 34.3 Å². The summed E-state index contributed by atoms with van der Waals surface area (Å²) in [7, 11) is 0. The number of aromatic nitrogens is 3. The molecule has 55 heavy (non-hydrogen) atoms. The Bertz CT molecular complexity index is 2050. The zero-order chi connectivity index (χ0) is 39.8. The zero-order valence-corrected chi connectivity index (χ0v) is 34.6. The molecule has 2 bridgehead atoms. The minimum absolute atomic E-state index is 0.0916. The van der Waals surface area contributed by atoms with Gasteiger partial charge in [-0.25, -0.2) is 13.8 Å². The van der Waals surface area contributed by atoms with E-state index in [1.165, 1.54) is 0 Å². The van der Waals surface area contributed by atoms with Crippen LogP contribution in [0.3, 0.4) is 0 Å². The van der Waals surface area contributed by atoms with Gasteiger partial charge in [0.15, 0.2) is 11.6 Å². The fourth-order valence-electron chi connectivity index (χ4n) is 9.36. The second-order valence-electron chi connectivity index (χ2n) is 15.3. The highest BCUT2D eigenvalue weighted by molar-refractivity contribution is 7.23. The fourth-order valence-corrected chi connectivity index (χ4v) is 10.3. The van der Waals surface area contributed by atoms with Crippen LogP contribution in [0.5, 0.6) is 0 Å². The largest absolute Gasteiger partial charge is 0.392 e. The molecule has 4 aliphatic heterocycles. The Morgan fingerprint density at radius 2 is 1.73 bits per heavy atom. The van der Waals surface area contributed by atoms with E-state index in [1.807, 2.05) is 34.6 Å². The fraction of sp³-hybridized carbons (Fsp3) is 0.619. The van der Waals surface area contributed by atoms with Gasteiger partial charge in [-0.3, -0.25) is 9.88 Å². The first kappa shape index (κ1) is 40.9. The molecule has 0 spiro atoms. The SMILES string of the molecule is CC.CC.CCCCC1(C(C)CC)CN(c2nc(N3C4CCC3CN(CC(C)O)C4)c3c4c(c(-c5ncc(F)c6sc(N)c(C#N)c56)c(F)c3n2)COC4)C1. The summed E-state index contributed by atoms with van der Waals surface area (Å²) in [5.41, 5.74) is 8.38. The molecule has 0 amide bonds. The first-order valence-electron chi connectivity index (χ1n) is 20.4. The number of piperazine rings is 1. The minimum atomic E-state index is -0.608. The predicted octanol–water partition coefficient (Wildman–Crippen LogP) is 8.80. The molecular formula is C42H58F2N8O2S. The Balaban J connectivity index is 0.00000125. The van der Waals surface area contributed by atoms with Crippen molar-refractivity contribution in [3.8, 4) is 17.3 Å². The first-order chi connectivity index (χ1) is 26.6. The summed E-state index contributed by atoms with van der Waals surface area (Å²) in [6.07, 6.45) is 7.11. The highest BCUT2D eigenvalue weighted by atomic mass is 32.1. The number of likely N-dealkylation sites (tertiary alicyclic amines) is 1. The van der Waals surface area contributed by atoms with E-state index in [2.05, 4.69) is 46.5 Å². The quantitative estimate of drug-likeness (QED) is 0.161. The maximum Gasteiger partial charge on any atom is 0.228 e. The highest BCUT2D eigenvalue weighted by Gasteiger charge is 2.48. The number of ether oxygens (including phenoxy) is 1. The van der Waals surface area contributed by atoms with Gasteiger partial charge in [0, 0.05) is 61.2 Å². The molecule has 0 aliphatic carbocycles. The lowest BCUT2D eigenvalue weighted by molar-refractivity contribution is 0.100. The van der Waals surface area contributed by atoms with Crippen molar-refractivity contribution in [1.82, 2.24) is 19.9 Å². The van der Waals surface area contributed by atoms with E-state index in [-0.39, 0.29) is 68.1 Å². The lowest BCUT2D eigenvalue weighted by atomic mass is 9.66. The number of nitrogen functional groups attached to an aromatic ring is 1. The number of thiophene rings is 1. The van der Waals surface area contributed by atoms with Crippen LogP contribution in [-0.2, 0) is 18.0 Å². The Hall–Kier alpha value is -3.70. The number of rotatable bonds is 10. The number of hydrogen-bond donors (Lipinski definition) is 2. The van der Waals surface area contributed by atoms with Crippen LogP contribution in [0.1, 0.15) is 111 Å². The van der Waals surface area contributed by atoms with Gasteiger partial charge in [0.1, 0.15) is 22.4 Å². The number of pyridine rings is 1. The molecule has 13 heteroatoms. The summed E-state index contributed by atoms with van der Waals surface area (Å²) >= 11 is 0.968.